The highest BCUT2D eigenvalue weighted by Crippen LogP contribution is 2.10. The van der Waals surface area contributed by atoms with Crippen molar-refractivity contribution in [3.05, 3.63) is 54.2 Å². The number of hydrogen-bond acceptors (Lipinski definition) is 4. The highest BCUT2D eigenvalue weighted by Gasteiger charge is 2.00. The highest BCUT2D eigenvalue weighted by atomic mass is 16.5. The van der Waals surface area contributed by atoms with Gasteiger partial charge in [-0.05, 0) is 31.0 Å². The summed E-state index contributed by atoms with van der Waals surface area (Å²) in [4.78, 5) is 8.87. The third-order valence-electron chi connectivity index (χ3n) is 3.45. The molecule has 1 heterocycles. The largest absolute Gasteiger partial charge is 0.490 e. The lowest BCUT2D eigenvalue weighted by Gasteiger charge is -2.10. The standard InChI is InChI=1S/C20H28N4O2/c1-3-12-22-20(21-4-2)24-16-17-10-11-19(23-15-17)26-14-13-25-18-8-6-5-7-9-18/h5-11,15H,3-4,12-14,16H2,1-2H3,(H2,21,22,24). The summed E-state index contributed by atoms with van der Waals surface area (Å²) in [5.41, 5.74) is 1.03. The Hall–Kier alpha value is -2.76. The van der Waals surface area contributed by atoms with E-state index < -0.39 is 0 Å². The lowest BCUT2D eigenvalue weighted by Crippen LogP contribution is -2.37. The molecular weight excluding hydrogens is 328 g/mol. The Morgan fingerprint density at radius 2 is 1.81 bits per heavy atom. The van der Waals surface area contributed by atoms with Gasteiger partial charge >= 0.3 is 0 Å². The van der Waals surface area contributed by atoms with Crippen molar-refractivity contribution < 1.29 is 9.47 Å². The van der Waals surface area contributed by atoms with Crippen LogP contribution in [0.25, 0.3) is 0 Å². The van der Waals surface area contributed by atoms with E-state index in [-0.39, 0.29) is 0 Å². The molecule has 0 fully saturated rings. The lowest BCUT2D eigenvalue weighted by atomic mass is 10.3. The molecular formula is C20H28N4O2. The Balaban J connectivity index is 1.74. The second kappa shape index (κ2) is 11.7. The first kappa shape index (κ1) is 19.6. The summed E-state index contributed by atoms with van der Waals surface area (Å²) in [6.45, 7) is 7.43. The van der Waals surface area contributed by atoms with E-state index in [1.807, 2.05) is 42.5 Å². The van der Waals surface area contributed by atoms with E-state index in [0.29, 0.717) is 25.6 Å². The third-order valence-corrected chi connectivity index (χ3v) is 3.45. The fourth-order valence-corrected chi connectivity index (χ4v) is 2.17. The highest BCUT2D eigenvalue weighted by molar-refractivity contribution is 5.79. The van der Waals surface area contributed by atoms with Crippen molar-refractivity contribution in [1.82, 2.24) is 15.6 Å². The van der Waals surface area contributed by atoms with Gasteiger partial charge in [-0.15, -0.1) is 0 Å². The van der Waals surface area contributed by atoms with E-state index >= 15 is 0 Å². The van der Waals surface area contributed by atoms with Crippen LogP contribution in [0.15, 0.2) is 53.7 Å². The summed E-state index contributed by atoms with van der Waals surface area (Å²) in [7, 11) is 0. The summed E-state index contributed by atoms with van der Waals surface area (Å²) in [5.74, 6) is 2.25. The van der Waals surface area contributed by atoms with E-state index in [9.17, 15) is 0 Å². The average molecular weight is 356 g/mol. The molecule has 140 valence electrons. The van der Waals surface area contributed by atoms with E-state index in [4.69, 9.17) is 9.47 Å². The van der Waals surface area contributed by atoms with Crippen molar-refractivity contribution >= 4 is 5.96 Å². The first-order valence-electron chi connectivity index (χ1n) is 9.09. The maximum absolute atomic E-state index is 5.60. The minimum absolute atomic E-state index is 0.449. The molecule has 6 heteroatoms. The first-order valence-corrected chi connectivity index (χ1v) is 9.09. The third kappa shape index (κ3) is 7.42. The van der Waals surface area contributed by atoms with Gasteiger partial charge in [0.25, 0.3) is 0 Å². The Morgan fingerprint density at radius 3 is 2.50 bits per heavy atom. The normalized spacial score (nSPS) is 11.1. The summed E-state index contributed by atoms with van der Waals surface area (Å²) >= 11 is 0. The smallest absolute Gasteiger partial charge is 0.213 e. The van der Waals surface area contributed by atoms with Crippen LogP contribution in [-0.4, -0.2) is 37.2 Å². The molecule has 2 N–H and O–H groups in total. The zero-order valence-corrected chi connectivity index (χ0v) is 15.6. The van der Waals surface area contributed by atoms with Crippen LogP contribution in [-0.2, 0) is 6.54 Å². The number of nitrogens with zero attached hydrogens (tertiary/aromatic N) is 2. The first-order chi connectivity index (χ1) is 12.8. The fourth-order valence-electron chi connectivity index (χ4n) is 2.17. The van der Waals surface area contributed by atoms with Crippen LogP contribution < -0.4 is 20.1 Å². The summed E-state index contributed by atoms with van der Waals surface area (Å²) in [6, 6.07) is 13.5. The molecule has 0 saturated carbocycles. The van der Waals surface area contributed by atoms with E-state index in [2.05, 4.69) is 34.5 Å². The van der Waals surface area contributed by atoms with Crippen molar-refractivity contribution in [3.63, 3.8) is 0 Å². The summed E-state index contributed by atoms with van der Waals surface area (Å²) < 4.78 is 11.2. The van der Waals surface area contributed by atoms with Crippen LogP contribution in [0.5, 0.6) is 11.6 Å². The minimum Gasteiger partial charge on any atom is -0.490 e. The SMILES string of the molecule is CCCNC(=NCc1ccc(OCCOc2ccccc2)nc1)NCC. The molecule has 0 aliphatic carbocycles. The van der Waals surface area contributed by atoms with E-state index in [1.54, 1.807) is 6.20 Å². The number of pyridine rings is 1. The van der Waals surface area contributed by atoms with E-state index in [0.717, 1.165) is 36.8 Å². The number of benzene rings is 1. The topological polar surface area (TPSA) is 67.8 Å². The molecule has 0 saturated heterocycles. The van der Waals surface area contributed by atoms with Gasteiger partial charge in [0.1, 0.15) is 19.0 Å². The van der Waals surface area contributed by atoms with Crippen LogP contribution in [0, 0.1) is 0 Å². The fraction of sp³-hybridized carbons (Fsp3) is 0.400. The van der Waals surface area contributed by atoms with Gasteiger partial charge in [0, 0.05) is 25.4 Å². The number of nitrogens with one attached hydrogen (secondary N) is 2. The second-order valence-electron chi connectivity index (χ2n) is 5.64. The molecule has 2 aromatic rings. The Labute approximate surface area is 155 Å². The molecule has 6 nitrogen and oxygen atoms in total. The molecule has 1 aromatic carbocycles. The lowest BCUT2D eigenvalue weighted by molar-refractivity contribution is 0.212. The monoisotopic (exact) mass is 356 g/mol. The molecule has 0 amide bonds. The van der Waals surface area contributed by atoms with Gasteiger partial charge in [-0.2, -0.15) is 0 Å². The minimum atomic E-state index is 0.449. The van der Waals surface area contributed by atoms with Crippen LogP contribution in [0.2, 0.25) is 0 Å². The maximum atomic E-state index is 5.60. The zero-order valence-electron chi connectivity index (χ0n) is 15.6. The van der Waals surface area contributed by atoms with Gasteiger partial charge in [-0.1, -0.05) is 31.2 Å². The summed E-state index contributed by atoms with van der Waals surface area (Å²) in [6.07, 6.45) is 2.85. The summed E-state index contributed by atoms with van der Waals surface area (Å²) in [5, 5.41) is 6.51. The Morgan fingerprint density at radius 1 is 1.00 bits per heavy atom. The van der Waals surface area contributed by atoms with Crippen LogP contribution in [0.4, 0.5) is 0 Å². The number of ether oxygens (including phenoxy) is 2. The molecule has 0 spiro atoms. The van der Waals surface area contributed by atoms with Gasteiger partial charge in [-0.25, -0.2) is 9.98 Å². The Bertz CT molecular complexity index is 645. The van der Waals surface area contributed by atoms with Gasteiger partial charge in [0.15, 0.2) is 5.96 Å². The van der Waals surface area contributed by atoms with Gasteiger partial charge in [0.2, 0.25) is 5.88 Å². The number of para-hydroxylation sites is 1. The molecule has 0 bridgehead atoms. The molecule has 0 unspecified atom stereocenters. The Kier molecular flexibility index (Phi) is 8.83. The number of rotatable bonds is 10. The van der Waals surface area contributed by atoms with Gasteiger partial charge < -0.3 is 20.1 Å². The van der Waals surface area contributed by atoms with Crippen molar-refractivity contribution in [2.75, 3.05) is 26.3 Å². The van der Waals surface area contributed by atoms with Crippen LogP contribution >= 0.6 is 0 Å². The molecule has 2 rings (SSSR count). The molecule has 0 aliphatic heterocycles. The van der Waals surface area contributed by atoms with Crippen molar-refractivity contribution in [1.29, 1.82) is 0 Å². The molecule has 1 aromatic heterocycles. The van der Waals surface area contributed by atoms with Gasteiger partial charge in [0.05, 0.1) is 6.54 Å². The number of aliphatic imine (C=N–C) groups is 1. The predicted octanol–water partition coefficient (Wildman–Crippen LogP) is 3.00. The van der Waals surface area contributed by atoms with E-state index in [1.165, 1.54) is 0 Å². The molecule has 0 atom stereocenters. The second-order valence-corrected chi connectivity index (χ2v) is 5.64. The zero-order chi connectivity index (χ0) is 18.5. The maximum Gasteiger partial charge on any atom is 0.213 e. The van der Waals surface area contributed by atoms with Crippen molar-refractivity contribution in [2.24, 2.45) is 4.99 Å². The number of aromatic nitrogens is 1. The van der Waals surface area contributed by atoms with Crippen LogP contribution in [0.1, 0.15) is 25.8 Å². The molecule has 0 aliphatic rings. The molecule has 26 heavy (non-hydrogen) atoms. The average Bonchev–Trinajstić information content (AvgIpc) is 2.69. The van der Waals surface area contributed by atoms with Crippen molar-refractivity contribution in [2.45, 2.75) is 26.8 Å². The van der Waals surface area contributed by atoms with Gasteiger partial charge in [-0.3, -0.25) is 0 Å². The molecule has 0 radical (unpaired) electrons. The number of hydrogen-bond donors (Lipinski definition) is 2. The van der Waals surface area contributed by atoms with Crippen LogP contribution in [0.3, 0.4) is 0 Å². The van der Waals surface area contributed by atoms with Crippen molar-refractivity contribution in [3.8, 4) is 11.6 Å². The predicted molar refractivity (Wildman–Crippen MR) is 105 cm³/mol. The number of guanidine groups is 1. The quantitative estimate of drug-likeness (QED) is 0.389.